The lowest BCUT2D eigenvalue weighted by molar-refractivity contribution is -0.141. The highest BCUT2D eigenvalue weighted by atomic mass is 35.5. The van der Waals surface area contributed by atoms with E-state index in [4.69, 9.17) is 21.2 Å². The topological polar surface area (TPSA) is 59.5 Å². The minimum atomic E-state index is -4.60. The van der Waals surface area contributed by atoms with Gasteiger partial charge < -0.3 is 9.57 Å². The molecule has 1 aromatic carbocycles. The van der Waals surface area contributed by atoms with E-state index in [1.807, 2.05) is 18.9 Å². The minimum Gasteiger partial charge on any atom is -0.436 e. The molecule has 5 nitrogen and oxygen atoms in total. The number of rotatable bonds is 4. The first-order chi connectivity index (χ1) is 12.6. The van der Waals surface area contributed by atoms with Gasteiger partial charge in [-0.25, -0.2) is 0 Å². The van der Waals surface area contributed by atoms with Crippen molar-refractivity contribution in [2.75, 3.05) is 0 Å². The Kier molecular flexibility index (Phi) is 5.36. The van der Waals surface area contributed by atoms with Crippen LogP contribution in [0.15, 0.2) is 29.4 Å². The Labute approximate surface area is 163 Å². The van der Waals surface area contributed by atoms with E-state index < -0.39 is 22.7 Å². The van der Waals surface area contributed by atoms with Crippen LogP contribution in [0.1, 0.15) is 43.7 Å². The molecule has 0 spiro atoms. The summed E-state index contributed by atoms with van der Waals surface area (Å²) >= 11 is 7.22. The average Bonchev–Trinajstić information content (AvgIpc) is 3.12. The van der Waals surface area contributed by atoms with Gasteiger partial charge >= 0.3 is 6.18 Å². The number of halogens is 4. The highest BCUT2D eigenvalue weighted by Gasteiger charge is 2.41. The average molecular weight is 420 g/mol. The zero-order valence-electron chi connectivity index (χ0n) is 14.7. The summed E-state index contributed by atoms with van der Waals surface area (Å²) in [6, 6.07) is 6.51. The number of hydrogen-bond donors (Lipinski definition) is 1. The van der Waals surface area contributed by atoms with E-state index in [9.17, 15) is 13.2 Å². The Balaban J connectivity index is 1.92. The van der Waals surface area contributed by atoms with Gasteiger partial charge in [-0.2, -0.15) is 13.2 Å². The number of nitrogens with one attached hydrogen (secondary N) is 1. The Bertz CT molecular complexity index is 867. The summed E-state index contributed by atoms with van der Waals surface area (Å²) in [6.07, 6.45) is -4.09. The second kappa shape index (κ2) is 7.27. The van der Waals surface area contributed by atoms with Crippen LogP contribution >= 0.6 is 23.4 Å². The molecule has 146 valence electrons. The maximum atomic E-state index is 13.5. The molecular formula is C17H17ClF3N3O2S. The summed E-state index contributed by atoms with van der Waals surface area (Å²) in [7, 11) is 0. The molecular weight excluding hydrogens is 403 g/mol. The third-order valence-electron chi connectivity index (χ3n) is 3.79. The number of oxime groups is 1. The molecule has 1 N–H and O–H groups in total. The Morgan fingerprint density at radius 2 is 2.04 bits per heavy atom. The first-order valence-electron chi connectivity index (χ1n) is 8.06. The number of H-pyrrole nitrogens is 1. The largest absolute Gasteiger partial charge is 0.436 e. The van der Waals surface area contributed by atoms with Crippen LogP contribution in [0.4, 0.5) is 13.2 Å². The monoisotopic (exact) mass is 419 g/mol. The summed E-state index contributed by atoms with van der Waals surface area (Å²) < 4.78 is 46.0. The molecule has 27 heavy (non-hydrogen) atoms. The van der Waals surface area contributed by atoms with Gasteiger partial charge in [0.1, 0.15) is 22.1 Å². The number of ether oxygens (including phenoxy) is 1. The van der Waals surface area contributed by atoms with Crippen LogP contribution in [-0.4, -0.2) is 20.8 Å². The van der Waals surface area contributed by atoms with Crippen LogP contribution < -0.4 is 4.74 Å². The number of aromatic nitrogens is 2. The number of nitrogens with zero attached hydrogens (tertiary/aromatic N) is 2. The molecule has 1 atom stereocenters. The molecule has 3 rings (SSSR count). The predicted molar refractivity (Wildman–Crippen MR) is 98.3 cm³/mol. The predicted octanol–water partition coefficient (Wildman–Crippen LogP) is 6.18. The smallest absolute Gasteiger partial charge is 0.433 e. The van der Waals surface area contributed by atoms with Gasteiger partial charge in [0, 0.05) is 11.7 Å². The zero-order chi connectivity index (χ0) is 19.8. The Morgan fingerprint density at radius 1 is 1.33 bits per heavy atom. The first kappa shape index (κ1) is 19.9. The van der Waals surface area contributed by atoms with Crippen LogP contribution in [0.5, 0.6) is 11.6 Å². The summed E-state index contributed by atoms with van der Waals surface area (Å²) in [5, 5.41) is 10.0. The molecule has 1 aliphatic rings. The van der Waals surface area contributed by atoms with Crippen molar-refractivity contribution < 1.29 is 22.7 Å². The molecule has 1 aliphatic heterocycles. The Hall–Kier alpha value is -1.87. The second-order valence-electron chi connectivity index (χ2n) is 6.62. The summed E-state index contributed by atoms with van der Waals surface area (Å²) in [4.78, 5) is 5.28. The molecule has 1 unspecified atom stereocenters. The van der Waals surface area contributed by atoms with Gasteiger partial charge in [0.2, 0.25) is 5.88 Å². The van der Waals surface area contributed by atoms with E-state index >= 15 is 0 Å². The SMILES string of the molecule is CC(SC1=NOC(C)(C)C1)c1c(Oc2ccccc2Cl)n[nH]c1C(F)(F)F. The molecule has 0 aliphatic carbocycles. The van der Waals surface area contributed by atoms with Gasteiger partial charge in [-0.15, -0.1) is 5.10 Å². The maximum Gasteiger partial charge on any atom is 0.433 e. The fraction of sp³-hybridized carbons (Fsp3) is 0.412. The third kappa shape index (κ3) is 4.52. The normalized spacial score (nSPS) is 17.4. The molecule has 0 bridgehead atoms. The van der Waals surface area contributed by atoms with Crippen molar-refractivity contribution in [3.05, 3.63) is 40.5 Å². The van der Waals surface area contributed by atoms with E-state index in [0.717, 1.165) is 0 Å². The standard InChI is InChI=1S/C17H17ClF3N3O2S/c1-9(27-12-8-16(2,3)26-24-12)13-14(17(19,20)21)22-23-15(13)25-11-7-5-4-6-10(11)18/h4-7,9H,8H2,1-3H3,(H,22,23). The fourth-order valence-electron chi connectivity index (χ4n) is 2.57. The van der Waals surface area contributed by atoms with Crippen LogP contribution in [0, 0.1) is 0 Å². The van der Waals surface area contributed by atoms with Gasteiger partial charge in [0.15, 0.2) is 0 Å². The lowest BCUT2D eigenvalue weighted by Crippen LogP contribution is -2.18. The molecule has 10 heteroatoms. The van der Waals surface area contributed by atoms with Gasteiger partial charge in [0.25, 0.3) is 0 Å². The lowest BCUT2D eigenvalue weighted by Gasteiger charge is -2.16. The van der Waals surface area contributed by atoms with Crippen molar-refractivity contribution >= 4 is 28.4 Å². The quantitative estimate of drug-likeness (QED) is 0.642. The van der Waals surface area contributed by atoms with Crippen molar-refractivity contribution in [3.63, 3.8) is 0 Å². The van der Waals surface area contributed by atoms with E-state index in [0.29, 0.717) is 11.5 Å². The first-order valence-corrected chi connectivity index (χ1v) is 9.32. The van der Waals surface area contributed by atoms with Crippen LogP contribution in [0.25, 0.3) is 0 Å². The van der Waals surface area contributed by atoms with Crippen LogP contribution in [0.3, 0.4) is 0 Å². The number of aromatic amines is 1. The van der Waals surface area contributed by atoms with Crippen molar-refractivity contribution in [2.24, 2.45) is 5.16 Å². The lowest BCUT2D eigenvalue weighted by atomic mass is 10.1. The molecule has 0 saturated heterocycles. The van der Waals surface area contributed by atoms with E-state index in [2.05, 4.69) is 10.3 Å². The number of thioether (sulfide) groups is 1. The highest BCUT2D eigenvalue weighted by Crippen LogP contribution is 2.45. The van der Waals surface area contributed by atoms with Crippen LogP contribution in [0.2, 0.25) is 5.02 Å². The van der Waals surface area contributed by atoms with Gasteiger partial charge in [-0.3, -0.25) is 5.10 Å². The summed E-state index contributed by atoms with van der Waals surface area (Å²) in [5.41, 5.74) is -1.52. The van der Waals surface area contributed by atoms with Crippen molar-refractivity contribution in [1.29, 1.82) is 0 Å². The molecule has 0 amide bonds. The molecule has 2 heterocycles. The highest BCUT2D eigenvalue weighted by molar-refractivity contribution is 8.14. The number of para-hydroxylation sites is 1. The number of benzene rings is 1. The van der Waals surface area contributed by atoms with Crippen LogP contribution in [-0.2, 0) is 11.0 Å². The van der Waals surface area contributed by atoms with Crippen molar-refractivity contribution in [2.45, 2.75) is 44.2 Å². The van der Waals surface area contributed by atoms with E-state index in [-0.39, 0.29) is 22.2 Å². The van der Waals surface area contributed by atoms with Crippen molar-refractivity contribution in [3.8, 4) is 11.6 Å². The van der Waals surface area contributed by atoms with Gasteiger partial charge in [-0.05, 0) is 32.9 Å². The zero-order valence-corrected chi connectivity index (χ0v) is 16.3. The molecule has 2 aromatic rings. The molecule has 0 saturated carbocycles. The van der Waals surface area contributed by atoms with Gasteiger partial charge in [-0.1, -0.05) is 40.7 Å². The Morgan fingerprint density at radius 3 is 2.63 bits per heavy atom. The maximum absolute atomic E-state index is 13.5. The van der Waals surface area contributed by atoms with E-state index in [1.165, 1.54) is 11.8 Å². The summed E-state index contributed by atoms with van der Waals surface area (Å²) in [6.45, 7) is 5.36. The molecule has 1 aromatic heterocycles. The van der Waals surface area contributed by atoms with Crippen molar-refractivity contribution in [1.82, 2.24) is 10.2 Å². The minimum absolute atomic E-state index is 0.0974. The second-order valence-corrected chi connectivity index (χ2v) is 8.44. The molecule has 0 radical (unpaired) electrons. The number of alkyl halides is 3. The fourth-order valence-corrected chi connectivity index (χ4v) is 4.00. The van der Waals surface area contributed by atoms with Gasteiger partial charge in [0.05, 0.1) is 10.6 Å². The molecule has 0 fully saturated rings. The summed E-state index contributed by atoms with van der Waals surface area (Å²) in [5.74, 6) is 0.0507. The van der Waals surface area contributed by atoms with E-state index in [1.54, 1.807) is 31.2 Å². The number of hydrogen-bond acceptors (Lipinski definition) is 5. The third-order valence-corrected chi connectivity index (χ3v) is 5.18.